The standard InChI is InChI=1S/C14H13FN2O2/c1-3-9-7-16-8-17-13(9)10-4-11(14(18)19-2)6-12(15)5-10/h4-8H,3H2,1-2H3. The second-order valence-electron chi connectivity index (χ2n) is 3.97. The first-order chi connectivity index (χ1) is 9.15. The van der Waals surface area contributed by atoms with Crippen LogP contribution in [0.4, 0.5) is 4.39 Å². The van der Waals surface area contributed by atoms with E-state index in [4.69, 9.17) is 0 Å². The minimum Gasteiger partial charge on any atom is -0.465 e. The Hall–Kier alpha value is -2.30. The fourth-order valence-electron chi connectivity index (χ4n) is 1.84. The summed E-state index contributed by atoms with van der Waals surface area (Å²) in [6, 6.07) is 4.05. The minimum absolute atomic E-state index is 0.165. The molecule has 1 aromatic heterocycles. The van der Waals surface area contributed by atoms with Crippen LogP contribution in [0.5, 0.6) is 0 Å². The summed E-state index contributed by atoms with van der Waals surface area (Å²) in [5, 5.41) is 0. The summed E-state index contributed by atoms with van der Waals surface area (Å²) >= 11 is 0. The van der Waals surface area contributed by atoms with Gasteiger partial charge < -0.3 is 4.74 Å². The van der Waals surface area contributed by atoms with Crippen molar-refractivity contribution in [1.82, 2.24) is 9.97 Å². The van der Waals surface area contributed by atoms with Gasteiger partial charge in [0.2, 0.25) is 0 Å². The van der Waals surface area contributed by atoms with Crippen LogP contribution in [0.3, 0.4) is 0 Å². The van der Waals surface area contributed by atoms with Gasteiger partial charge in [-0.25, -0.2) is 19.2 Å². The lowest BCUT2D eigenvalue weighted by Gasteiger charge is -2.08. The van der Waals surface area contributed by atoms with Gasteiger partial charge in [-0.3, -0.25) is 0 Å². The molecule has 2 aromatic rings. The average molecular weight is 260 g/mol. The van der Waals surface area contributed by atoms with Crippen molar-refractivity contribution in [3.05, 3.63) is 47.7 Å². The number of carbonyl (C=O) groups is 1. The van der Waals surface area contributed by atoms with Gasteiger partial charge in [0.05, 0.1) is 18.4 Å². The van der Waals surface area contributed by atoms with Gasteiger partial charge in [0.25, 0.3) is 0 Å². The predicted molar refractivity (Wildman–Crippen MR) is 68.1 cm³/mol. The highest BCUT2D eigenvalue weighted by atomic mass is 19.1. The summed E-state index contributed by atoms with van der Waals surface area (Å²) in [5.41, 5.74) is 2.23. The molecule has 0 radical (unpaired) electrons. The van der Waals surface area contributed by atoms with Crippen molar-refractivity contribution in [3.63, 3.8) is 0 Å². The van der Waals surface area contributed by atoms with Gasteiger partial charge in [-0.15, -0.1) is 0 Å². The molecule has 1 aromatic carbocycles. The van der Waals surface area contributed by atoms with Crippen molar-refractivity contribution in [1.29, 1.82) is 0 Å². The normalized spacial score (nSPS) is 10.3. The van der Waals surface area contributed by atoms with E-state index in [9.17, 15) is 9.18 Å². The van der Waals surface area contributed by atoms with Crippen LogP contribution < -0.4 is 0 Å². The average Bonchev–Trinajstić information content (AvgIpc) is 2.45. The molecule has 0 bridgehead atoms. The number of halogens is 1. The Kier molecular flexibility index (Phi) is 3.85. The van der Waals surface area contributed by atoms with Crippen molar-refractivity contribution in [2.24, 2.45) is 0 Å². The lowest BCUT2D eigenvalue weighted by molar-refractivity contribution is 0.0600. The Bertz CT molecular complexity index is 614. The van der Waals surface area contributed by atoms with E-state index in [1.165, 1.54) is 19.5 Å². The molecule has 4 nitrogen and oxygen atoms in total. The highest BCUT2D eigenvalue weighted by molar-refractivity contribution is 5.91. The lowest BCUT2D eigenvalue weighted by atomic mass is 10.0. The number of ether oxygens (including phenoxy) is 1. The molecule has 1 heterocycles. The third-order valence-electron chi connectivity index (χ3n) is 2.76. The van der Waals surface area contributed by atoms with E-state index < -0.39 is 11.8 Å². The monoisotopic (exact) mass is 260 g/mol. The van der Waals surface area contributed by atoms with E-state index in [1.54, 1.807) is 12.3 Å². The Balaban J connectivity index is 2.56. The van der Waals surface area contributed by atoms with Crippen molar-refractivity contribution in [2.45, 2.75) is 13.3 Å². The second kappa shape index (κ2) is 5.56. The SMILES string of the molecule is CCc1cncnc1-c1cc(F)cc(C(=O)OC)c1. The summed E-state index contributed by atoms with van der Waals surface area (Å²) in [4.78, 5) is 19.6. The Morgan fingerprint density at radius 1 is 1.37 bits per heavy atom. The van der Waals surface area contributed by atoms with Crippen LogP contribution in [-0.4, -0.2) is 23.0 Å². The van der Waals surface area contributed by atoms with Gasteiger partial charge >= 0.3 is 5.97 Å². The molecule has 0 aliphatic rings. The van der Waals surface area contributed by atoms with Crippen LogP contribution in [0.15, 0.2) is 30.7 Å². The van der Waals surface area contributed by atoms with E-state index in [0.717, 1.165) is 18.1 Å². The van der Waals surface area contributed by atoms with Gasteiger partial charge in [0, 0.05) is 11.8 Å². The maximum absolute atomic E-state index is 13.6. The summed E-state index contributed by atoms with van der Waals surface area (Å²) in [6.07, 6.45) is 3.81. The number of hydrogen-bond donors (Lipinski definition) is 0. The topological polar surface area (TPSA) is 52.1 Å². The Morgan fingerprint density at radius 2 is 2.16 bits per heavy atom. The number of methoxy groups -OCH3 is 1. The van der Waals surface area contributed by atoms with E-state index in [1.807, 2.05) is 6.92 Å². The van der Waals surface area contributed by atoms with Crippen LogP contribution in [0.2, 0.25) is 0 Å². The zero-order valence-electron chi connectivity index (χ0n) is 10.7. The quantitative estimate of drug-likeness (QED) is 0.796. The number of esters is 1. The molecule has 0 saturated heterocycles. The maximum Gasteiger partial charge on any atom is 0.337 e. The van der Waals surface area contributed by atoms with Crippen LogP contribution >= 0.6 is 0 Å². The zero-order valence-corrected chi connectivity index (χ0v) is 10.7. The lowest BCUT2D eigenvalue weighted by Crippen LogP contribution is -2.03. The number of rotatable bonds is 3. The Morgan fingerprint density at radius 3 is 2.84 bits per heavy atom. The number of carbonyl (C=O) groups excluding carboxylic acids is 1. The van der Waals surface area contributed by atoms with Gasteiger partial charge in [-0.2, -0.15) is 0 Å². The minimum atomic E-state index is -0.576. The maximum atomic E-state index is 13.6. The first-order valence-corrected chi connectivity index (χ1v) is 5.84. The molecule has 0 N–H and O–H groups in total. The summed E-state index contributed by atoms with van der Waals surface area (Å²) in [7, 11) is 1.26. The number of aryl methyl sites for hydroxylation is 1. The fraction of sp³-hybridized carbons (Fsp3) is 0.214. The first-order valence-electron chi connectivity index (χ1n) is 5.84. The highest BCUT2D eigenvalue weighted by Gasteiger charge is 2.12. The third kappa shape index (κ3) is 2.76. The molecule has 2 rings (SSSR count). The molecule has 0 aliphatic carbocycles. The molecule has 0 spiro atoms. The molecule has 5 heteroatoms. The van der Waals surface area contributed by atoms with E-state index in [0.29, 0.717) is 11.3 Å². The van der Waals surface area contributed by atoms with Crippen molar-refractivity contribution < 1.29 is 13.9 Å². The molecule has 0 atom stereocenters. The van der Waals surface area contributed by atoms with Crippen LogP contribution in [0, 0.1) is 5.82 Å². The molecule has 0 amide bonds. The van der Waals surface area contributed by atoms with E-state index in [-0.39, 0.29) is 5.56 Å². The van der Waals surface area contributed by atoms with Crippen LogP contribution in [-0.2, 0) is 11.2 Å². The zero-order chi connectivity index (χ0) is 13.8. The smallest absolute Gasteiger partial charge is 0.337 e. The van der Waals surface area contributed by atoms with Crippen molar-refractivity contribution in [3.8, 4) is 11.3 Å². The number of hydrogen-bond acceptors (Lipinski definition) is 4. The second-order valence-corrected chi connectivity index (χ2v) is 3.97. The molecule has 0 unspecified atom stereocenters. The predicted octanol–water partition coefficient (Wildman–Crippen LogP) is 2.63. The molecule has 98 valence electrons. The van der Waals surface area contributed by atoms with Gasteiger partial charge in [0.1, 0.15) is 12.1 Å². The largest absolute Gasteiger partial charge is 0.465 e. The van der Waals surface area contributed by atoms with Gasteiger partial charge in [-0.05, 0) is 30.2 Å². The molecular weight excluding hydrogens is 247 g/mol. The summed E-state index contributed by atoms with van der Waals surface area (Å²) < 4.78 is 18.2. The molecule has 19 heavy (non-hydrogen) atoms. The summed E-state index contributed by atoms with van der Waals surface area (Å²) in [6.45, 7) is 1.96. The number of nitrogens with zero attached hydrogens (tertiary/aromatic N) is 2. The van der Waals surface area contributed by atoms with E-state index >= 15 is 0 Å². The van der Waals surface area contributed by atoms with E-state index in [2.05, 4.69) is 14.7 Å². The Labute approximate surface area is 110 Å². The van der Waals surface area contributed by atoms with Gasteiger partial charge in [0.15, 0.2) is 0 Å². The molecule has 0 aliphatic heterocycles. The molecule has 0 fully saturated rings. The first kappa shape index (κ1) is 13.1. The number of benzene rings is 1. The van der Waals surface area contributed by atoms with Crippen LogP contribution in [0.1, 0.15) is 22.8 Å². The number of aromatic nitrogens is 2. The van der Waals surface area contributed by atoms with Crippen LogP contribution in [0.25, 0.3) is 11.3 Å². The summed E-state index contributed by atoms with van der Waals surface area (Å²) in [5.74, 6) is -1.08. The highest BCUT2D eigenvalue weighted by Crippen LogP contribution is 2.23. The van der Waals surface area contributed by atoms with Gasteiger partial charge in [-0.1, -0.05) is 6.92 Å². The fourth-order valence-corrected chi connectivity index (χ4v) is 1.84. The van der Waals surface area contributed by atoms with Crippen molar-refractivity contribution in [2.75, 3.05) is 7.11 Å². The molecule has 0 saturated carbocycles. The van der Waals surface area contributed by atoms with Crippen molar-refractivity contribution >= 4 is 5.97 Å². The third-order valence-corrected chi connectivity index (χ3v) is 2.76. The molecular formula is C14H13FN2O2.